The van der Waals surface area contributed by atoms with Gasteiger partial charge in [0.25, 0.3) is 0 Å². The Labute approximate surface area is 137 Å². The van der Waals surface area contributed by atoms with Gasteiger partial charge in [-0.2, -0.15) is 0 Å². The van der Waals surface area contributed by atoms with Crippen LogP contribution in [0, 0.1) is 0 Å². The lowest BCUT2D eigenvalue weighted by Gasteiger charge is -2.38. The van der Waals surface area contributed by atoms with E-state index >= 15 is 0 Å². The van der Waals surface area contributed by atoms with Gasteiger partial charge in [-0.3, -0.25) is 14.5 Å². The van der Waals surface area contributed by atoms with E-state index in [1.165, 1.54) is 5.56 Å². The van der Waals surface area contributed by atoms with Crippen molar-refractivity contribution < 1.29 is 9.59 Å². The van der Waals surface area contributed by atoms with Crippen molar-refractivity contribution >= 4 is 17.5 Å². The summed E-state index contributed by atoms with van der Waals surface area (Å²) in [5.41, 5.74) is 2.33. The number of carbonyl (C=O) groups is 2. The van der Waals surface area contributed by atoms with Crippen LogP contribution in [0.4, 0.5) is 5.69 Å². The third-order valence-electron chi connectivity index (χ3n) is 4.97. The molecular weight excluding hydrogens is 290 g/mol. The van der Waals surface area contributed by atoms with Crippen molar-refractivity contribution in [2.75, 3.05) is 37.6 Å². The second kappa shape index (κ2) is 6.71. The van der Waals surface area contributed by atoms with Crippen LogP contribution in [-0.4, -0.2) is 60.4 Å². The third kappa shape index (κ3) is 3.39. The Hall–Kier alpha value is -1.88. The molecule has 0 N–H and O–H groups in total. The number of fused-ring (bicyclic) bond motifs is 1. The molecule has 0 radical (unpaired) electrons. The molecule has 0 aliphatic carbocycles. The number of anilines is 1. The molecule has 23 heavy (non-hydrogen) atoms. The van der Waals surface area contributed by atoms with E-state index in [2.05, 4.69) is 24.0 Å². The Morgan fingerprint density at radius 1 is 1.13 bits per heavy atom. The maximum absolute atomic E-state index is 12.9. The first-order valence-electron chi connectivity index (χ1n) is 8.44. The number of rotatable bonds is 2. The molecule has 2 aliphatic heterocycles. The molecule has 2 heterocycles. The minimum atomic E-state index is 0.120. The highest BCUT2D eigenvalue weighted by Crippen LogP contribution is 2.30. The Balaban J connectivity index is 1.66. The lowest BCUT2D eigenvalue weighted by Crippen LogP contribution is -2.52. The smallest absolute Gasteiger partial charge is 0.241 e. The third-order valence-corrected chi connectivity index (χ3v) is 4.97. The SMILES string of the molecule is CC(=O)N1CCN(CC(=O)N2c3ccccc3CCC2C)CC1. The van der Waals surface area contributed by atoms with Crippen LogP contribution in [0.15, 0.2) is 24.3 Å². The molecule has 0 spiro atoms. The summed E-state index contributed by atoms with van der Waals surface area (Å²) >= 11 is 0. The van der Waals surface area contributed by atoms with Crippen LogP contribution in [0.3, 0.4) is 0 Å². The maximum Gasteiger partial charge on any atom is 0.241 e. The fourth-order valence-corrected chi connectivity index (χ4v) is 3.56. The molecule has 124 valence electrons. The molecule has 1 fully saturated rings. The number of nitrogens with zero attached hydrogens (tertiary/aromatic N) is 3. The fraction of sp³-hybridized carbons (Fsp3) is 0.556. The largest absolute Gasteiger partial charge is 0.340 e. The highest BCUT2D eigenvalue weighted by molar-refractivity contribution is 5.96. The molecule has 1 aromatic carbocycles. The standard InChI is InChI=1S/C18H25N3O2/c1-14-7-8-16-5-3-4-6-17(16)21(14)18(23)13-19-9-11-20(12-10-19)15(2)22/h3-6,14H,7-13H2,1-2H3. The fourth-order valence-electron chi connectivity index (χ4n) is 3.56. The number of aryl methyl sites for hydroxylation is 1. The summed E-state index contributed by atoms with van der Waals surface area (Å²) in [6.45, 7) is 7.15. The average Bonchev–Trinajstić information content (AvgIpc) is 2.55. The number of benzene rings is 1. The highest BCUT2D eigenvalue weighted by atomic mass is 16.2. The van der Waals surface area contributed by atoms with E-state index in [1.54, 1.807) is 6.92 Å². The number of para-hydroxylation sites is 1. The quantitative estimate of drug-likeness (QED) is 0.831. The predicted octanol–water partition coefficient (Wildman–Crippen LogP) is 1.52. The van der Waals surface area contributed by atoms with Gasteiger partial charge in [0, 0.05) is 44.8 Å². The number of amides is 2. The second-order valence-corrected chi connectivity index (χ2v) is 6.56. The van der Waals surface area contributed by atoms with Crippen LogP contribution in [-0.2, 0) is 16.0 Å². The number of piperazine rings is 1. The highest BCUT2D eigenvalue weighted by Gasteiger charge is 2.29. The van der Waals surface area contributed by atoms with Gasteiger partial charge in [-0.1, -0.05) is 18.2 Å². The van der Waals surface area contributed by atoms with Crippen molar-refractivity contribution in [3.8, 4) is 0 Å². The lowest BCUT2D eigenvalue weighted by molar-refractivity contribution is -0.130. The van der Waals surface area contributed by atoms with E-state index < -0.39 is 0 Å². The monoisotopic (exact) mass is 315 g/mol. The topological polar surface area (TPSA) is 43.9 Å². The molecule has 5 nitrogen and oxygen atoms in total. The maximum atomic E-state index is 12.9. The van der Waals surface area contributed by atoms with Gasteiger partial charge in [-0.25, -0.2) is 0 Å². The predicted molar refractivity (Wildman–Crippen MR) is 90.4 cm³/mol. The summed E-state index contributed by atoms with van der Waals surface area (Å²) in [5.74, 6) is 0.287. The van der Waals surface area contributed by atoms with Crippen LogP contribution in [0.5, 0.6) is 0 Å². The minimum Gasteiger partial charge on any atom is -0.340 e. The van der Waals surface area contributed by atoms with Crippen LogP contribution in [0.1, 0.15) is 25.8 Å². The van der Waals surface area contributed by atoms with Gasteiger partial charge in [0.2, 0.25) is 11.8 Å². The zero-order valence-corrected chi connectivity index (χ0v) is 14.0. The molecular formula is C18H25N3O2. The molecule has 2 amide bonds. The van der Waals surface area contributed by atoms with Gasteiger partial charge in [0.15, 0.2) is 0 Å². The first-order chi connectivity index (χ1) is 11.1. The van der Waals surface area contributed by atoms with Gasteiger partial charge in [0.1, 0.15) is 0 Å². The number of carbonyl (C=O) groups excluding carboxylic acids is 2. The zero-order chi connectivity index (χ0) is 16.4. The number of hydrogen-bond donors (Lipinski definition) is 0. The van der Waals surface area contributed by atoms with Crippen LogP contribution in [0.25, 0.3) is 0 Å². The van der Waals surface area contributed by atoms with Crippen molar-refractivity contribution in [3.05, 3.63) is 29.8 Å². The van der Waals surface area contributed by atoms with E-state index in [1.807, 2.05) is 21.9 Å². The van der Waals surface area contributed by atoms with E-state index in [-0.39, 0.29) is 17.9 Å². The normalized spacial score (nSPS) is 21.9. The first kappa shape index (κ1) is 16.0. The van der Waals surface area contributed by atoms with Gasteiger partial charge in [-0.15, -0.1) is 0 Å². The Morgan fingerprint density at radius 2 is 1.83 bits per heavy atom. The number of hydrogen-bond acceptors (Lipinski definition) is 3. The van der Waals surface area contributed by atoms with E-state index in [4.69, 9.17) is 0 Å². The van der Waals surface area contributed by atoms with Crippen molar-refractivity contribution in [2.24, 2.45) is 0 Å². The molecule has 0 saturated carbocycles. The molecule has 1 atom stereocenters. The molecule has 1 unspecified atom stereocenters. The lowest BCUT2D eigenvalue weighted by atomic mass is 9.96. The van der Waals surface area contributed by atoms with Gasteiger partial charge in [-0.05, 0) is 31.4 Å². The summed E-state index contributed by atoms with van der Waals surface area (Å²) in [5, 5.41) is 0. The van der Waals surface area contributed by atoms with E-state index in [0.717, 1.165) is 44.7 Å². The molecule has 0 aromatic heterocycles. The summed E-state index contributed by atoms with van der Waals surface area (Å²) in [6, 6.07) is 8.46. The summed E-state index contributed by atoms with van der Waals surface area (Å²) in [4.78, 5) is 30.2. The van der Waals surface area contributed by atoms with Gasteiger partial charge >= 0.3 is 0 Å². The van der Waals surface area contributed by atoms with Gasteiger partial charge in [0.05, 0.1) is 6.54 Å². The van der Waals surface area contributed by atoms with Crippen LogP contribution in [0.2, 0.25) is 0 Å². The summed E-state index contributed by atoms with van der Waals surface area (Å²) < 4.78 is 0. The van der Waals surface area contributed by atoms with Crippen molar-refractivity contribution in [3.63, 3.8) is 0 Å². The molecule has 0 bridgehead atoms. The molecule has 5 heteroatoms. The molecule has 1 saturated heterocycles. The minimum absolute atomic E-state index is 0.120. The molecule has 1 aromatic rings. The van der Waals surface area contributed by atoms with Crippen molar-refractivity contribution in [1.82, 2.24) is 9.80 Å². The van der Waals surface area contributed by atoms with Crippen LogP contribution >= 0.6 is 0 Å². The van der Waals surface area contributed by atoms with Gasteiger partial charge < -0.3 is 9.80 Å². The van der Waals surface area contributed by atoms with Crippen molar-refractivity contribution in [1.29, 1.82) is 0 Å². The summed E-state index contributed by atoms with van der Waals surface area (Å²) in [6.07, 6.45) is 2.05. The zero-order valence-electron chi connectivity index (χ0n) is 14.0. The Morgan fingerprint density at radius 3 is 2.52 bits per heavy atom. The second-order valence-electron chi connectivity index (χ2n) is 6.56. The Bertz CT molecular complexity index is 594. The van der Waals surface area contributed by atoms with Crippen LogP contribution < -0.4 is 4.90 Å². The molecule has 3 rings (SSSR count). The Kier molecular flexibility index (Phi) is 4.66. The summed E-state index contributed by atoms with van der Waals surface area (Å²) in [7, 11) is 0. The van der Waals surface area contributed by atoms with E-state index in [9.17, 15) is 9.59 Å². The molecule has 2 aliphatic rings. The van der Waals surface area contributed by atoms with Crippen molar-refractivity contribution in [2.45, 2.75) is 32.7 Å². The average molecular weight is 315 g/mol. The first-order valence-corrected chi connectivity index (χ1v) is 8.44. The van der Waals surface area contributed by atoms with E-state index in [0.29, 0.717) is 6.54 Å².